The molecule has 0 atom stereocenters. The molecule has 1 amide bonds. The molecule has 0 unspecified atom stereocenters. The van der Waals surface area contributed by atoms with Gasteiger partial charge in [-0.1, -0.05) is 12.5 Å². The molecule has 1 aliphatic carbocycles. The molecule has 0 aromatic heterocycles. The summed E-state index contributed by atoms with van der Waals surface area (Å²) in [4.78, 5) is 14.6. The number of sulfonamides is 1. The highest BCUT2D eigenvalue weighted by Crippen LogP contribution is 2.35. The summed E-state index contributed by atoms with van der Waals surface area (Å²) < 4.78 is 33.2. The zero-order chi connectivity index (χ0) is 19.0. The molecule has 1 heterocycles. The number of ether oxygens (including phenoxy) is 1. The lowest BCUT2D eigenvalue weighted by Gasteiger charge is -2.29. The number of carbonyl (C=O) groups excluding carboxylic acids is 1. The van der Waals surface area contributed by atoms with Crippen molar-refractivity contribution in [1.82, 2.24) is 0 Å². The number of carbonyl (C=O) groups is 1. The number of anilines is 2. The molecular formula is C20H22N2O4S. The molecule has 142 valence electrons. The van der Waals surface area contributed by atoms with Crippen LogP contribution in [0.1, 0.15) is 24.8 Å². The molecule has 0 saturated heterocycles. The van der Waals surface area contributed by atoms with Crippen LogP contribution in [0.25, 0.3) is 0 Å². The monoisotopic (exact) mass is 386 g/mol. The van der Waals surface area contributed by atoms with E-state index in [1.54, 1.807) is 42.5 Å². The summed E-state index contributed by atoms with van der Waals surface area (Å²) in [5, 5.41) is 0. The SMILES string of the molecule is COc1cccc(NS(=O)(=O)c2ccc3c(c2)CCN3C(=O)C2CCC2)c1. The molecule has 1 N–H and O–H groups in total. The second kappa shape index (κ2) is 6.88. The van der Waals surface area contributed by atoms with Crippen LogP contribution in [-0.2, 0) is 21.2 Å². The number of nitrogens with one attached hydrogen (secondary N) is 1. The predicted molar refractivity (Wildman–Crippen MR) is 104 cm³/mol. The molecule has 1 aliphatic heterocycles. The van der Waals surface area contributed by atoms with Gasteiger partial charge in [0.1, 0.15) is 5.75 Å². The maximum absolute atomic E-state index is 12.7. The quantitative estimate of drug-likeness (QED) is 0.856. The van der Waals surface area contributed by atoms with Gasteiger partial charge in [-0.15, -0.1) is 0 Å². The Hall–Kier alpha value is -2.54. The van der Waals surface area contributed by atoms with Crippen molar-refractivity contribution in [3.05, 3.63) is 48.0 Å². The number of rotatable bonds is 5. The van der Waals surface area contributed by atoms with Gasteiger partial charge in [-0.25, -0.2) is 8.42 Å². The highest BCUT2D eigenvalue weighted by atomic mass is 32.2. The van der Waals surface area contributed by atoms with Crippen LogP contribution >= 0.6 is 0 Å². The maximum atomic E-state index is 12.7. The van der Waals surface area contributed by atoms with E-state index in [4.69, 9.17) is 4.74 Å². The van der Waals surface area contributed by atoms with E-state index in [0.717, 1.165) is 30.5 Å². The van der Waals surface area contributed by atoms with Crippen LogP contribution in [0.5, 0.6) is 5.75 Å². The van der Waals surface area contributed by atoms with E-state index in [0.29, 0.717) is 24.4 Å². The van der Waals surface area contributed by atoms with E-state index < -0.39 is 10.0 Å². The van der Waals surface area contributed by atoms with E-state index in [9.17, 15) is 13.2 Å². The van der Waals surface area contributed by atoms with Gasteiger partial charge in [0.25, 0.3) is 10.0 Å². The maximum Gasteiger partial charge on any atom is 0.261 e. The minimum absolute atomic E-state index is 0.133. The van der Waals surface area contributed by atoms with Crippen LogP contribution in [0.2, 0.25) is 0 Å². The van der Waals surface area contributed by atoms with Gasteiger partial charge in [-0.3, -0.25) is 9.52 Å². The zero-order valence-corrected chi connectivity index (χ0v) is 16.0. The van der Waals surface area contributed by atoms with Crippen molar-refractivity contribution in [2.24, 2.45) is 5.92 Å². The topological polar surface area (TPSA) is 75.7 Å². The van der Waals surface area contributed by atoms with Crippen LogP contribution in [0, 0.1) is 5.92 Å². The number of methoxy groups -OCH3 is 1. The minimum atomic E-state index is -3.72. The predicted octanol–water partition coefficient (Wildman–Crippen LogP) is 3.19. The van der Waals surface area contributed by atoms with Gasteiger partial charge < -0.3 is 9.64 Å². The van der Waals surface area contributed by atoms with Crippen LogP contribution in [0.15, 0.2) is 47.4 Å². The Bertz CT molecular complexity index is 983. The summed E-state index contributed by atoms with van der Waals surface area (Å²) in [7, 11) is -2.18. The van der Waals surface area contributed by atoms with Gasteiger partial charge >= 0.3 is 0 Å². The summed E-state index contributed by atoms with van der Waals surface area (Å²) in [5.74, 6) is 0.883. The smallest absolute Gasteiger partial charge is 0.261 e. The van der Waals surface area contributed by atoms with Crippen molar-refractivity contribution >= 4 is 27.3 Å². The van der Waals surface area contributed by atoms with Gasteiger partial charge in [-0.2, -0.15) is 0 Å². The van der Waals surface area contributed by atoms with Crippen molar-refractivity contribution in [2.75, 3.05) is 23.3 Å². The molecule has 0 radical (unpaired) electrons. The van der Waals surface area contributed by atoms with E-state index in [1.165, 1.54) is 7.11 Å². The number of hydrogen-bond donors (Lipinski definition) is 1. The lowest BCUT2D eigenvalue weighted by Crippen LogP contribution is -2.37. The van der Waals surface area contributed by atoms with Crippen LogP contribution in [-0.4, -0.2) is 28.0 Å². The first-order valence-corrected chi connectivity index (χ1v) is 10.6. The van der Waals surface area contributed by atoms with E-state index in [2.05, 4.69) is 4.72 Å². The second-order valence-corrected chi connectivity index (χ2v) is 8.68. The molecular weight excluding hydrogens is 364 g/mol. The molecule has 0 bridgehead atoms. The summed E-state index contributed by atoms with van der Waals surface area (Å²) >= 11 is 0. The summed E-state index contributed by atoms with van der Waals surface area (Å²) in [6, 6.07) is 11.8. The highest BCUT2D eigenvalue weighted by Gasteiger charge is 2.33. The largest absolute Gasteiger partial charge is 0.497 e. The third-order valence-corrected chi connectivity index (χ3v) is 6.68. The number of hydrogen-bond acceptors (Lipinski definition) is 4. The lowest BCUT2D eigenvalue weighted by atomic mass is 9.84. The Morgan fingerprint density at radius 1 is 1.19 bits per heavy atom. The molecule has 1 saturated carbocycles. The number of benzene rings is 2. The fraction of sp³-hybridized carbons (Fsp3) is 0.350. The molecule has 2 aliphatic rings. The summed E-state index contributed by atoms with van der Waals surface area (Å²) in [6.07, 6.45) is 3.71. The Morgan fingerprint density at radius 3 is 2.70 bits per heavy atom. The van der Waals surface area contributed by atoms with Gasteiger partial charge in [0.2, 0.25) is 5.91 Å². The molecule has 2 aromatic carbocycles. The second-order valence-electron chi connectivity index (χ2n) is 7.00. The first-order valence-electron chi connectivity index (χ1n) is 9.09. The van der Waals surface area contributed by atoms with Gasteiger partial charge in [0.05, 0.1) is 17.7 Å². The fourth-order valence-electron chi connectivity index (χ4n) is 3.55. The lowest BCUT2D eigenvalue weighted by molar-refractivity contribution is -0.124. The Balaban J connectivity index is 1.57. The van der Waals surface area contributed by atoms with E-state index >= 15 is 0 Å². The van der Waals surface area contributed by atoms with Crippen LogP contribution in [0.3, 0.4) is 0 Å². The molecule has 4 rings (SSSR count). The first-order chi connectivity index (χ1) is 13.0. The Kier molecular flexibility index (Phi) is 4.55. The average Bonchev–Trinajstić information content (AvgIpc) is 3.03. The molecule has 7 heteroatoms. The van der Waals surface area contributed by atoms with Crippen LogP contribution < -0.4 is 14.4 Å². The molecule has 0 spiro atoms. The molecule has 27 heavy (non-hydrogen) atoms. The van der Waals surface area contributed by atoms with Crippen molar-refractivity contribution in [1.29, 1.82) is 0 Å². The molecule has 2 aromatic rings. The summed E-state index contributed by atoms with van der Waals surface area (Å²) in [6.45, 7) is 0.623. The number of fused-ring (bicyclic) bond motifs is 1. The summed E-state index contributed by atoms with van der Waals surface area (Å²) in [5.41, 5.74) is 2.18. The standard InChI is InChI=1S/C20H22N2O4S/c1-26-17-7-3-6-16(13-17)21-27(24,25)18-8-9-19-15(12-18)10-11-22(19)20(23)14-4-2-5-14/h3,6-9,12-14,21H,2,4-5,10-11H2,1H3. The van der Waals surface area contributed by atoms with Crippen molar-refractivity contribution in [3.63, 3.8) is 0 Å². The Labute approximate surface area is 159 Å². The van der Waals surface area contributed by atoms with Gasteiger partial charge in [0.15, 0.2) is 0 Å². The third-order valence-electron chi connectivity index (χ3n) is 5.30. The minimum Gasteiger partial charge on any atom is -0.497 e. The van der Waals surface area contributed by atoms with Crippen molar-refractivity contribution in [2.45, 2.75) is 30.6 Å². The number of nitrogens with zero attached hydrogens (tertiary/aromatic N) is 1. The van der Waals surface area contributed by atoms with E-state index in [1.807, 2.05) is 4.90 Å². The van der Waals surface area contributed by atoms with Gasteiger partial charge in [-0.05, 0) is 55.2 Å². The van der Waals surface area contributed by atoms with E-state index in [-0.39, 0.29) is 16.7 Å². The fourth-order valence-corrected chi connectivity index (χ4v) is 4.65. The van der Waals surface area contributed by atoms with Crippen LogP contribution in [0.4, 0.5) is 11.4 Å². The van der Waals surface area contributed by atoms with Crippen molar-refractivity contribution < 1.29 is 17.9 Å². The normalized spacial score (nSPS) is 16.6. The molecule has 1 fully saturated rings. The molecule has 6 nitrogen and oxygen atoms in total. The third kappa shape index (κ3) is 3.39. The highest BCUT2D eigenvalue weighted by molar-refractivity contribution is 7.92. The first kappa shape index (κ1) is 17.9. The Morgan fingerprint density at radius 2 is 2.00 bits per heavy atom. The zero-order valence-electron chi connectivity index (χ0n) is 15.1. The van der Waals surface area contributed by atoms with Gasteiger partial charge in [0, 0.05) is 24.2 Å². The average molecular weight is 386 g/mol. The van der Waals surface area contributed by atoms with Crippen molar-refractivity contribution in [3.8, 4) is 5.75 Å². The number of amides is 1.